The molecule has 4 nitrogen and oxygen atoms in total. The molecule has 1 aliphatic rings. The molecule has 0 spiro atoms. The molecule has 0 saturated carbocycles. The molecule has 1 amide bonds. The minimum absolute atomic E-state index is 0.0960. The van der Waals surface area contributed by atoms with Crippen molar-refractivity contribution >= 4 is 29.0 Å². The molecule has 1 aliphatic heterocycles. The standard InChI is InChI=1S/C13H21N3OS2/c1-10-14-12(9-19-10)13(17)16-5-4-6-18-8-11(16)7-15(2)3/h9,11H,4-8H2,1-3H3/t11-/m1/s1. The van der Waals surface area contributed by atoms with Crippen LogP contribution in [0.3, 0.4) is 0 Å². The average Bonchev–Trinajstić information content (AvgIpc) is 2.65. The van der Waals surface area contributed by atoms with E-state index >= 15 is 0 Å². The van der Waals surface area contributed by atoms with Crippen LogP contribution in [0.25, 0.3) is 0 Å². The minimum atomic E-state index is 0.0960. The number of rotatable bonds is 3. The number of hydrogen-bond donors (Lipinski definition) is 0. The van der Waals surface area contributed by atoms with Gasteiger partial charge in [0.1, 0.15) is 5.69 Å². The van der Waals surface area contributed by atoms with Gasteiger partial charge in [0.05, 0.1) is 11.0 Å². The van der Waals surface area contributed by atoms with Crippen molar-refractivity contribution in [3.8, 4) is 0 Å². The molecular formula is C13H21N3OS2. The van der Waals surface area contributed by atoms with Crippen LogP contribution in [0, 0.1) is 6.92 Å². The van der Waals surface area contributed by atoms with Crippen molar-refractivity contribution in [3.05, 3.63) is 16.1 Å². The molecule has 1 aromatic heterocycles. The largest absolute Gasteiger partial charge is 0.332 e. The summed E-state index contributed by atoms with van der Waals surface area (Å²) in [7, 11) is 4.12. The number of aryl methyl sites for hydroxylation is 1. The molecule has 2 rings (SSSR count). The molecule has 0 radical (unpaired) electrons. The van der Waals surface area contributed by atoms with Gasteiger partial charge < -0.3 is 9.80 Å². The lowest BCUT2D eigenvalue weighted by molar-refractivity contribution is 0.0670. The molecule has 1 atom stereocenters. The van der Waals surface area contributed by atoms with E-state index in [-0.39, 0.29) is 11.9 Å². The molecule has 19 heavy (non-hydrogen) atoms. The van der Waals surface area contributed by atoms with Crippen molar-refractivity contribution in [2.45, 2.75) is 19.4 Å². The Bertz CT molecular complexity index is 433. The fourth-order valence-electron chi connectivity index (χ4n) is 2.28. The zero-order valence-electron chi connectivity index (χ0n) is 11.8. The van der Waals surface area contributed by atoms with Gasteiger partial charge in [-0.1, -0.05) is 0 Å². The Balaban J connectivity index is 2.14. The number of likely N-dealkylation sites (N-methyl/N-ethyl adjacent to an activating group) is 1. The Kier molecular flexibility index (Phi) is 5.24. The number of amides is 1. The number of thioether (sulfide) groups is 1. The van der Waals surface area contributed by atoms with Gasteiger partial charge in [0, 0.05) is 24.2 Å². The third-order valence-corrected chi connectivity index (χ3v) is 5.08. The molecule has 106 valence electrons. The highest BCUT2D eigenvalue weighted by molar-refractivity contribution is 7.99. The van der Waals surface area contributed by atoms with Gasteiger partial charge in [-0.3, -0.25) is 4.79 Å². The van der Waals surface area contributed by atoms with Crippen LogP contribution in [0.5, 0.6) is 0 Å². The van der Waals surface area contributed by atoms with Crippen molar-refractivity contribution in [3.63, 3.8) is 0 Å². The summed E-state index contributed by atoms with van der Waals surface area (Å²) in [6.45, 7) is 3.71. The van der Waals surface area contributed by atoms with Gasteiger partial charge in [-0.25, -0.2) is 4.98 Å². The average molecular weight is 299 g/mol. The summed E-state index contributed by atoms with van der Waals surface area (Å²) >= 11 is 3.49. The van der Waals surface area contributed by atoms with E-state index in [1.54, 1.807) is 11.3 Å². The molecule has 0 N–H and O–H groups in total. The Morgan fingerprint density at radius 3 is 3.00 bits per heavy atom. The molecule has 0 unspecified atom stereocenters. The minimum Gasteiger partial charge on any atom is -0.332 e. The molecule has 0 aromatic carbocycles. The molecule has 2 heterocycles. The maximum absolute atomic E-state index is 12.6. The maximum atomic E-state index is 12.6. The predicted octanol–water partition coefficient (Wildman–Crippen LogP) is 1.96. The van der Waals surface area contributed by atoms with Gasteiger partial charge in [0.2, 0.25) is 0 Å². The Labute approximate surface area is 123 Å². The summed E-state index contributed by atoms with van der Waals surface area (Å²) in [5.41, 5.74) is 0.609. The van der Waals surface area contributed by atoms with Crippen molar-refractivity contribution in [2.75, 3.05) is 38.7 Å². The summed E-state index contributed by atoms with van der Waals surface area (Å²) in [5, 5.41) is 2.83. The molecule has 1 fully saturated rings. The first-order valence-corrected chi connectivity index (χ1v) is 8.57. The normalized spacial score (nSPS) is 20.6. The lowest BCUT2D eigenvalue weighted by Gasteiger charge is -2.31. The third-order valence-electron chi connectivity index (χ3n) is 3.11. The van der Waals surface area contributed by atoms with Crippen LogP contribution in [-0.2, 0) is 0 Å². The number of nitrogens with zero attached hydrogens (tertiary/aromatic N) is 3. The highest BCUT2D eigenvalue weighted by Crippen LogP contribution is 2.20. The van der Waals surface area contributed by atoms with E-state index in [0.29, 0.717) is 5.69 Å². The number of aromatic nitrogens is 1. The number of thiazole rings is 1. The number of carbonyl (C=O) groups is 1. The van der Waals surface area contributed by atoms with E-state index in [9.17, 15) is 4.79 Å². The molecular weight excluding hydrogens is 278 g/mol. The van der Waals surface area contributed by atoms with E-state index in [1.165, 1.54) is 0 Å². The topological polar surface area (TPSA) is 36.4 Å². The first-order valence-electron chi connectivity index (χ1n) is 6.53. The van der Waals surface area contributed by atoms with Crippen LogP contribution in [0.1, 0.15) is 21.9 Å². The lowest BCUT2D eigenvalue weighted by Crippen LogP contribution is -2.46. The van der Waals surface area contributed by atoms with E-state index < -0.39 is 0 Å². The summed E-state index contributed by atoms with van der Waals surface area (Å²) < 4.78 is 0. The van der Waals surface area contributed by atoms with E-state index in [0.717, 1.165) is 36.0 Å². The molecule has 1 aromatic rings. The van der Waals surface area contributed by atoms with Crippen molar-refractivity contribution in [1.29, 1.82) is 0 Å². The Morgan fingerprint density at radius 1 is 1.58 bits per heavy atom. The second-order valence-electron chi connectivity index (χ2n) is 5.09. The van der Waals surface area contributed by atoms with Gasteiger partial charge in [-0.05, 0) is 33.2 Å². The fourth-order valence-corrected chi connectivity index (χ4v) is 3.92. The fraction of sp³-hybridized carbons (Fsp3) is 0.692. The molecule has 6 heteroatoms. The SMILES string of the molecule is Cc1nc(C(=O)N2CCCSC[C@H]2CN(C)C)cs1. The maximum Gasteiger partial charge on any atom is 0.273 e. The number of hydrogen-bond acceptors (Lipinski definition) is 5. The Hall–Kier alpha value is -0.590. The van der Waals surface area contributed by atoms with E-state index in [1.807, 2.05) is 29.0 Å². The zero-order chi connectivity index (χ0) is 13.8. The van der Waals surface area contributed by atoms with Gasteiger partial charge >= 0.3 is 0 Å². The highest BCUT2D eigenvalue weighted by Gasteiger charge is 2.28. The van der Waals surface area contributed by atoms with Crippen LogP contribution in [0.4, 0.5) is 0 Å². The van der Waals surface area contributed by atoms with Gasteiger partial charge in [0.25, 0.3) is 5.91 Å². The van der Waals surface area contributed by atoms with Crippen molar-refractivity contribution in [1.82, 2.24) is 14.8 Å². The third kappa shape index (κ3) is 3.94. The van der Waals surface area contributed by atoms with E-state index in [2.05, 4.69) is 24.0 Å². The van der Waals surface area contributed by atoms with Crippen LogP contribution < -0.4 is 0 Å². The first-order chi connectivity index (χ1) is 9.08. The number of carbonyl (C=O) groups excluding carboxylic acids is 1. The second kappa shape index (κ2) is 6.72. The molecule has 0 bridgehead atoms. The van der Waals surface area contributed by atoms with Crippen molar-refractivity contribution < 1.29 is 4.79 Å². The lowest BCUT2D eigenvalue weighted by atomic mass is 10.2. The molecule has 0 aliphatic carbocycles. The predicted molar refractivity (Wildman–Crippen MR) is 82.2 cm³/mol. The van der Waals surface area contributed by atoms with Gasteiger partial charge in [-0.15, -0.1) is 11.3 Å². The first kappa shape index (κ1) is 14.8. The quantitative estimate of drug-likeness (QED) is 0.855. The monoisotopic (exact) mass is 299 g/mol. The summed E-state index contributed by atoms with van der Waals surface area (Å²) in [6, 6.07) is 0.289. The van der Waals surface area contributed by atoms with Crippen LogP contribution in [0.15, 0.2) is 5.38 Å². The molecule has 1 saturated heterocycles. The second-order valence-corrected chi connectivity index (χ2v) is 7.31. The van der Waals surface area contributed by atoms with Crippen LogP contribution >= 0.6 is 23.1 Å². The highest BCUT2D eigenvalue weighted by atomic mass is 32.2. The smallest absolute Gasteiger partial charge is 0.273 e. The zero-order valence-corrected chi connectivity index (χ0v) is 13.4. The van der Waals surface area contributed by atoms with E-state index in [4.69, 9.17) is 0 Å². The van der Waals surface area contributed by atoms with Crippen LogP contribution in [-0.4, -0.2) is 65.4 Å². The summed E-state index contributed by atoms with van der Waals surface area (Å²) in [6.07, 6.45) is 1.07. The van der Waals surface area contributed by atoms with Gasteiger partial charge in [0.15, 0.2) is 0 Å². The summed E-state index contributed by atoms with van der Waals surface area (Å²) in [5.74, 6) is 2.26. The van der Waals surface area contributed by atoms with Crippen molar-refractivity contribution in [2.24, 2.45) is 0 Å². The summed E-state index contributed by atoms with van der Waals surface area (Å²) in [4.78, 5) is 21.1. The van der Waals surface area contributed by atoms with Crippen LogP contribution in [0.2, 0.25) is 0 Å². The Morgan fingerprint density at radius 2 is 2.37 bits per heavy atom. The van der Waals surface area contributed by atoms with Gasteiger partial charge in [-0.2, -0.15) is 11.8 Å².